The van der Waals surface area contributed by atoms with Crippen LogP contribution in [-0.2, 0) is 4.79 Å². The summed E-state index contributed by atoms with van der Waals surface area (Å²) >= 11 is 0. The maximum absolute atomic E-state index is 12.3. The third kappa shape index (κ3) is 3.84. The minimum Gasteiger partial charge on any atom is -0.494 e. The minimum atomic E-state index is 0.114. The summed E-state index contributed by atoms with van der Waals surface area (Å²) in [6, 6.07) is 8.07. The molecule has 1 aromatic rings. The van der Waals surface area contributed by atoms with Gasteiger partial charge in [0, 0.05) is 12.3 Å². The van der Waals surface area contributed by atoms with Crippen LogP contribution in [0.15, 0.2) is 24.3 Å². The molecule has 0 N–H and O–H groups in total. The highest BCUT2D eigenvalue weighted by atomic mass is 16.5. The number of benzene rings is 1. The van der Waals surface area contributed by atoms with E-state index >= 15 is 0 Å². The molecule has 1 saturated carbocycles. The number of hydrogen-bond acceptors (Lipinski definition) is 2. The largest absolute Gasteiger partial charge is 0.494 e. The van der Waals surface area contributed by atoms with E-state index in [2.05, 4.69) is 19.1 Å². The van der Waals surface area contributed by atoms with Gasteiger partial charge in [0.2, 0.25) is 0 Å². The van der Waals surface area contributed by atoms with E-state index in [1.165, 1.54) is 25.7 Å². The van der Waals surface area contributed by atoms with Crippen LogP contribution in [0.2, 0.25) is 0 Å². The first-order valence-corrected chi connectivity index (χ1v) is 8.00. The second-order valence-corrected chi connectivity index (χ2v) is 5.81. The molecule has 2 nitrogen and oxygen atoms in total. The van der Waals surface area contributed by atoms with Gasteiger partial charge in [0.25, 0.3) is 0 Å². The molecule has 0 saturated heterocycles. The predicted octanol–water partition coefficient (Wildman–Crippen LogP) is 4.73. The standard InChI is InChI=1S/C18H26O2/c1-3-5-6-14-7-12-17(18(19)13-14)15-8-10-16(11-9-15)20-4-2/h8-11,14,17H,3-7,12-13H2,1-2H3. The summed E-state index contributed by atoms with van der Waals surface area (Å²) in [7, 11) is 0. The zero-order valence-corrected chi connectivity index (χ0v) is 12.7. The van der Waals surface area contributed by atoms with Crippen molar-refractivity contribution in [3.05, 3.63) is 29.8 Å². The molecule has 2 unspecified atom stereocenters. The molecule has 2 atom stereocenters. The number of hydrogen-bond donors (Lipinski definition) is 0. The Morgan fingerprint density at radius 1 is 1.15 bits per heavy atom. The molecule has 2 heteroatoms. The van der Waals surface area contributed by atoms with Crippen LogP contribution in [0.1, 0.15) is 63.9 Å². The summed E-state index contributed by atoms with van der Waals surface area (Å²) in [4.78, 5) is 12.3. The van der Waals surface area contributed by atoms with Crippen molar-refractivity contribution in [2.24, 2.45) is 5.92 Å². The number of ketones is 1. The Bertz CT molecular complexity index is 422. The number of carbonyl (C=O) groups is 1. The zero-order valence-electron chi connectivity index (χ0n) is 12.7. The van der Waals surface area contributed by atoms with Gasteiger partial charge in [-0.15, -0.1) is 0 Å². The van der Waals surface area contributed by atoms with Crippen molar-refractivity contribution in [1.82, 2.24) is 0 Å². The molecule has 1 aromatic carbocycles. The van der Waals surface area contributed by atoms with Crippen molar-refractivity contribution in [2.75, 3.05) is 6.61 Å². The van der Waals surface area contributed by atoms with Gasteiger partial charge in [0.15, 0.2) is 0 Å². The lowest BCUT2D eigenvalue weighted by molar-refractivity contribution is -0.123. The lowest BCUT2D eigenvalue weighted by atomic mass is 9.76. The molecule has 1 aliphatic carbocycles. The number of unbranched alkanes of at least 4 members (excludes halogenated alkanes) is 1. The Labute approximate surface area is 122 Å². The molecule has 0 amide bonds. The van der Waals surface area contributed by atoms with Crippen molar-refractivity contribution in [3.63, 3.8) is 0 Å². The Morgan fingerprint density at radius 2 is 1.90 bits per heavy atom. The van der Waals surface area contributed by atoms with Gasteiger partial charge in [-0.25, -0.2) is 0 Å². The van der Waals surface area contributed by atoms with Crippen LogP contribution in [0.5, 0.6) is 5.75 Å². The quantitative estimate of drug-likeness (QED) is 0.749. The van der Waals surface area contributed by atoms with Crippen LogP contribution in [0.25, 0.3) is 0 Å². The van der Waals surface area contributed by atoms with Crippen LogP contribution in [0.3, 0.4) is 0 Å². The van der Waals surface area contributed by atoms with E-state index in [0.29, 0.717) is 18.3 Å². The Kier molecular flexibility index (Phi) is 5.63. The topological polar surface area (TPSA) is 26.3 Å². The fourth-order valence-corrected chi connectivity index (χ4v) is 3.15. The first-order valence-electron chi connectivity index (χ1n) is 8.00. The van der Waals surface area contributed by atoms with Gasteiger partial charge in [-0.2, -0.15) is 0 Å². The van der Waals surface area contributed by atoms with E-state index in [9.17, 15) is 4.79 Å². The normalized spacial score (nSPS) is 22.8. The van der Waals surface area contributed by atoms with Crippen LogP contribution >= 0.6 is 0 Å². The maximum Gasteiger partial charge on any atom is 0.140 e. The van der Waals surface area contributed by atoms with E-state index in [4.69, 9.17) is 4.74 Å². The highest BCUT2D eigenvalue weighted by Crippen LogP contribution is 2.35. The molecule has 110 valence electrons. The van der Waals surface area contributed by atoms with Crippen LogP contribution < -0.4 is 4.74 Å². The van der Waals surface area contributed by atoms with Crippen molar-refractivity contribution in [1.29, 1.82) is 0 Å². The number of carbonyl (C=O) groups excluding carboxylic acids is 1. The van der Waals surface area contributed by atoms with Gasteiger partial charge >= 0.3 is 0 Å². The van der Waals surface area contributed by atoms with Gasteiger partial charge in [-0.05, 0) is 43.4 Å². The van der Waals surface area contributed by atoms with Gasteiger partial charge in [0.05, 0.1) is 6.61 Å². The monoisotopic (exact) mass is 274 g/mol. The molecule has 0 aromatic heterocycles. The highest BCUT2D eigenvalue weighted by Gasteiger charge is 2.29. The first-order chi connectivity index (χ1) is 9.74. The molecular formula is C18H26O2. The minimum absolute atomic E-state index is 0.114. The average Bonchev–Trinajstić information content (AvgIpc) is 2.47. The predicted molar refractivity (Wildman–Crippen MR) is 82.2 cm³/mol. The van der Waals surface area contributed by atoms with E-state index in [1.54, 1.807) is 0 Å². The second-order valence-electron chi connectivity index (χ2n) is 5.81. The van der Waals surface area contributed by atoms with E-state index in [0.717, 1.165) is 24.2 Å². The van der Waals surface area contributed by atoms with Crippen LogP contribution in [-0.4, -0.2) is 12.4 Å². The molecule has 2 rings (SSSR count). The molecule has 1 aliphatic rings. The molecule has 0 aliphatic heterocycles. The number of rotatable bonds is 6. The van der Waals surface area contributed by atoms with Crippen LogP contribution in [0, 0.1) is 5.92 Å². The van der Waals surface area contributed by atoms with Crippen molar-refractivity contribution >= 4 is 5.78 Å². The van der Waals surface area contributed by atoms with Gasteiger partial charge < -0.3 is 4.74 Å². The van der Waals surface area contributed by atoms with E-state index < -0.39 is 0 Å². The van der Waals surface area contributed by atoms with E-state index in [1.807, 2.05) is 19.1 Å². The number of Topliss-reactive ketones (excluding diaryl/α,β-unsaturated/α-hetero) is 1. The molecule has 0 heterocycles. The summed E-state index contributed by atoms with van der Waals surface area (Å²) in [6.07, 6.45) is 6.69. The SMILES string of the molecule is CCCCC1CCC(c2ccc(OCC)cc2)C(=O)C1. The highest BCUT2D eigenvalue weighted by molar-refractivity contribution is 5.86. The third-order valence-corrected chi connectivity index (χ3v) is 4.30. The van der Waals surface area contributed by atoms with E-state index in [-0.39, 0.29) is 5.92 Å². The summed E-state index contributed by atoms with van der Waals surface area (Å²) in [5, 5.41) is 0. The average molecular weight is 274 g/mol. The van der Waals surface area contributed by atoms with Crippen molar-refractivity contribution in [2.45, 2.75) is 58.3 Å². The van der Waals surface area contributed by atoms with Crippen molar-refractivity contribution < 1.29 is 9.53 Å². The van der Waals surface area contributed by atoms with Gasteiger partial charge in [-0.1, -0.05) is 38.3 Å². The maximum atomic E-state index is 12.3. The third-order valence-electron chi connectivity index (χ3n) is 4.30. The Balaban J connectivity index is 1.95. The number of ether oxygens (including phenoxy) is 1. The summed E-state index contributed by atoms with van der Waals surface area (Å²) in [6.45, 7) is 4.88. The first kappa shape index (κ1) is 15.1. The molecule has 20 heavy (non-hydrogen) atoms. The summed E-state index contributed by atoms with van der Waals surface area (Å²) < 4.78 is 5.45. The van der Waals surface area contributed by atoms with Gasteiger partial charge in [-0.3, -0.25) is 4.79 Å². The molecule has 1 fully saturated rings. The smallest absolute Gasteiger partial charge is 0.140 e. The van der Waals surface area contributed by atoms with Gasteiger partial charge in [0.1, 0.15) is 11.5 Å². The van der Waals surface area contributed by atoms with Crippen molar-refractivity contribution in [3.8, 4) is 5.75 Å². The second kappa shape index (κ2) is 7.47. The Hall–Kier alpha value is -1.31. The summed E-state index contributed by atoms with van der Waals surface area (Å²) in [5.41, 5.74) is 1.16. The molecule has 0 spiro atoms. The Morgan fingerprint density at radius 3 is 2.50 bits per heavy atom. The molecule has 0 bridgehead atoms. The fraction of sp³-hybridized carbons (Fsp3) is 0.611. The zero-order chi connectivity index (χ0) is 14.4. The molecule has 0 radical (unpaired) electrons. The molecular weight excluding hydrogens is 248 g/mol. The van der Waals surface area contributed by atoms with Crippen LogP contribution in [0.4, 0.5) is 0 Å². The lowest BCUT2D eigenvalue weighted by Gasteiger charge is -2.27. The lowest BCUT2D eigenvalue weighted by Crippen LogP contribution is -2.23. The summed E-state index contributed by atoms with van der Waals surface area (Å²) in [5.74, 6) is 2.06. The fourth-order valence-electron chi connectivity index (χ4n) is 3.15.